The molecule has 0 heterocycles. The van der Waals surface area contributed by atoms with Crippen LogP contribution in [0.1, 0.15) is 10.4 Å². The molecule has 2 aromatic carbocycles. The quantitative estimate of drug-likeness (QED) is 0.789. The van der Waals surface area contributed by atoms with Crippen LogP contribution in [0, 0.1) is 5.82 Å². The smallest absolute Gasteiger partial charge is 0.251 e. The summed E-state index contributed by atoms with van der Waals surface area (Å²) in [4.78, 5) is 24.0. The van der Waals surface area contributed by atoms with Crippen molar-refractivity contribution < 1.29 is 28.2 Å². The fourth-order valence-corrected chi connectivity index (χ4v) is 2.25. The number of carbonyl (C=O) groups is 2. The molecule has 0 aromatic heterocycles. The monoisotopic (exact) mass is 362 g/mol. The van der Waals surface area contributed by atoms with E-state index in [2.05, 4.69) is 10.6 Å². The summed E-state index contributed by atoms with van der Waals surface area (Å²) in [6, 6.07) is 8.32. The summed E-state index contributed by atoms with van der Waals surface area (Å²) in [6.07, 6.45) is 0. The Labute approximate surface area is 150 Å². The van der Waals surface area contributed by atoms with E-state index in [0.717, 1.165) is 6.07 Å². The van der Waals surface area contributed by atoms with Crippen LogP contribution in [0.3, 0.4) is 0 Å². The number of hydrogen-bond acceptors (Lipinski definition) is 5. The number of ether oxygens (including phenoxy) is 3. The molecule has 0 aliphatic carbocycles. The molecule has 0 saturated carbocycles. The Morgan fingerprint density at radius 3 is 2.19 bits per heavy atom. The lowest BCUT2D eigenvalue weighted by molar-refractivity contribution is -0.115. The highest BCUT2D eigenvalue weighted by atomic mass is 19.1. The molecule has 2 aromatic rings. The first-order valence-corrected chi connectivity index (χ1v) is 7.62. The molecule has 0 aliphatic heterocycles. The standard InChI is InChI=1S/C18H19FN2O5/c1-24-14-8-13(9-15(25-2)17(14)26-3)21-16(22)10-20-18(23)11-5-4-6-12(19)7-11/h4-9H,10H2,1-3H3,(H,20,23)(H,21,22). The van der Waals surface area contributed by atoms with Gasteiger partial charge >= 0.3 is 0 Å². The zero-order chi connectivity index (χ0) is 19.1. The number of rotatable bonds is 7. The zero-order valence-corrected chi connectivity index (χ0v) is 14.6. The fraction of sp³-hybridized carbons (Fsp3) is 0.222. The largest absolute Gasteiger partial charge is 0.493 e. The van der Waals surface area contributed by atoms with Crippen LogP contribution in [-0.4, -0.2) is 39.7 Å². The number of amides is 2. The Bertz CT molecular complexity index is 785. The van der Waals surface area contributed by atoms with Gasteiger partial charge in [0, 0.05) is 23.4 Å². The zero-order valence-electron chi connectivity index (χ0n) is 14.6. The second-order valence-corrected chi connectivity index (χ2v) is 5.16. The van der Waals surface area contributed by atoms with Gasteiger partial charge in [0.05, 0.1) is 27.9 Å². The van der Waals surface area contributed by atoms with Crippen LogP contribution in [0.15, 0.2) is 36.4 Å². The topological polar surface area (TPSA) is 85.9 Å². The van der Waals surface area contributed by atoms with Crippen molar-refractivity contribution in [2.75, 3.05) is 33.2 Å². The van der Waals surface area contributed by atoms with Gasteiger partial charge in [-0.2, -0.15) is 0 Å². The van der Waals surface area contributed by atoms with Gasteiger partial charge in [-0.25, -0.2) is 4.39 Å². The number of nitrogens with one attached hydrogen (secondary N) is 2. The van der Waals surface area contributed by atoms with E-state index in [0.29, 0.717) is 22.9 Å². The molecule has 2 rings (SSSR count). The summed E-state index contributed by atoms with van der Waals surface area (Å²) in [5.74, 6) is -0.391. The van der Waals surface area contributed by atoms with Crippen molar-refractivity contribution in [2.24, 2.45) is 0 Å². The maximum Gasteiger partial charge on any atom is 0.251 e. The van der Waals surface area contributed by atoms with E-state index in [9.17, 15) is 14.0 Å². The Morgan fingerprint density at radius 1 is 1.00 bits per heavy atom. The predicted molar refractivity (Wildman–Crippen MR) is 93.5 cm³/mol. The predicted octanol–water partition coefficient (Wildman–Crippen LogP) is 2.22. The molecule has 138 valence electrons. The fourth-order valence-electron chi connectivity index (χ4n) is 2.25. The first-order valence-electron chi connectivity index (χ1n) is 7.62. The highest BCUT2D eigenvalue weighted by Gasteiger charge is 2.15. The van der Waals surface area contributed by atoms with Gasteiger partial charge in [0.2, 0.25) is 11.7 Å². The minimum Gasteiger partial charge on any atom is -0.493 e. The summed E-state index contributed by atoms with van der Waals surface area (Å²) >= 11 is 0. The van der Waals surface area contributed by atoms with Gasteiger partial charge in [0.1, 0.15) is 5.82 Å². The molecule has 7 nitrogen and oxygen atoms in total. The molecule has 0 radical (unpaired) electrons. The number of anilines is 1. The van der Waals surface area contributed by atoms with Gasteiger partial charge in [-0.1, -0.05) is 6.07 Å². The van der Waals surface area contributed by atoms with Crippen molar-refractivity contribution in [3.05, 3.63) is 47.8 Å². The second-order valence-electron chi connectivity index (χ2n) is 5.16. The summed E-state index contributed by atoms with van der Waals surface area (Å²) in [7, 11) is 4.39. The molecule has 2 N–H and O–H groups in total. The molecule has 0 aliphatic rings. The Balaban J connectivity index is 2.02. The molecule has 0 unspecified atom stereocenters. The van der Waals surface area contributed by atoms with Crippen molar-refractivity contribution in [1.82, 2.24) is 5.32 Å². The SMILES string of the molecule is COc1cc(NC(=O)CNC(=O)c2cccc(F)c2)cc(OC)c1OC. The van der Waals surface area contributed by atoms with Gasteiger partial charge in [0.15, 0.2) is 11.5 Å². The lowest BCUT2D eigenvalue weighted by atomic mass is 10.2. The Hall–Kier alpha value is -3.29. The summed E-state index contributed by atoms with van der Waals surface area (Å²) in [6.45, 7) is -0.286. The van der Waals surface area contributed by atoms with Gasteiger partial charge in [0.25, 0.3) is 5.91 Å². The van der Waals surface area contributed by atoms with Crippen LogP contribution in [0.25, 0.3) is 0 Å². The van der Waals surface area contributed by atoms with Crippen molar-refractivity contribution in [2.45, 2.75) is 0 Å². The highest BCUT2D eigenvalue weighted by Crippen LogP contribution is 2.39. The molecule has 26 heavy (non-hydrogen) atoms. The van der Waals surface area contributed by atoms with E-state index in [1.165, 1.54) is 39.5 Å². The lowest BCUT2D eigenvalue weighted by Crippen LogP contribution is -2.32. The minimum atomic E-state index is -0.551. The van der Waals surface area contributed by atoms with Crippen molar-refractivity contribution in [1.29, 1.82) is 0 Å². The number of halogens is 1. The molecule has 2 amide bonds. The van der Waals surface area contributed by atoms with E-state index in [1.54, 1.807) is 12.1 Å². The Morgan fingerprint density at radius 2 is 1.65 bits per heavy atom. The van der Waals surface area contributed by atoms with E-state index >= 15 is 0 Å². The molecule has 0 atom stereocenters. The van der Waals surface area contributed by atoms with Gasteiger partial charge in [-0.3, -0.25) is 9.59 Å². The summed E-state index contributed by atoms with van der Waals surface area (Å²) in [5.41, 5.74) is 0.537. The molecule has 0 spiro atoms. The first-order chi connectivity index (χ1) is 12.5. The van der Waals surface area contributed by atoms with Crippen LogP contribution in [0.4, 0.5) is 10.1 Å². The molecule has 0 bridgehead atoms. The lowest BCUT2D eigenvalue weighted by Gasteiger charge is -2.14. The average molecular weight is 362 g/mol. The van der Waals surface area contributed by atoms with Crippen molar-refractivity contribution in [3.63, 3.8) is 0 Å². The summed E-state index contributed by atoms with van der Waals surface area (Å²) in [5, 5.41) is 5.04. The van der Waals surface area contributed by atoms with Gasteiger partial charge < -0.3 is 24.8 Å². The van der Waals surface area contributed by atoms with Crippen LogP contribution in [0.2, 0.25) is 0 Å². The van der Waals surface area contributed by atoms with Gasteiger partial charge in [-0.15, -0.1) is 0 Å². The Kier molecular flexibility index (Phi) is 6.37. The van der Waals surface area contributed by atoms with Crippen molar-refractivity contribution >= 4 is 17.5 Å². The minimum absolute atomic E-state index is 0.130. The number of methoxy groups -OCH3 is 3. The van der Waals surface area contributed by atoms with E-state index in [4.69, 9.17) is 14.2 Å². The maximum absolute atomic E-state index is 13.1. The molecular weight excluding hydrogens is 343 g/mol. The van der Waals surface area contributed by atoms with Crippen LogP contribution < -0.4 is 24.8 Å². The number of hydrogen-bond donors (Lipinski definition) is 2. The molecule has 8 heteroatoms. The molecule has 0 saturated heterocycles. The highest BCUT2D eigenvalue weighted by molar-refractivity contribution is 5.99. The molecular formula is C18H19FN2O5. The average Bonchev–Trinajstić information content (AvgIpc) is 2.65. The molecule has 0 fully saturated rings. The first kappa shape index (κ1) is 19.0. The van der Waals surface area contributed by atoms with Gasteiger partial charge in [-0.05, 0) is 18.2 Å². The van der Waals surface area contributed by atoms with E-state index < -0.39 is 17.6 Å². The third-order valence-electron chi connectivity index (χ3n) is 3.44. The maximum atomic E-state index is 13.1. The third-order valence-corrected chi connectivity index (χ3v) is 3.44. The third kappa shape index (κ3) is 4.62. The van der Waals surface area contributed by atoms with E-state index in [1.807, 2.05) is 0 Å². The van der Waals surface area contributed by atoms with E-state index in [-0.39, 0.29) is 12.1 Å². The summed E-state index contributed by atoms with van der Waals surface area (Å²) < 4.78 is 28.7. The van der Waals surface area contributed by atoms with Crippen LogP contribution in [-0.2, 0) is 4.79 Å². The normalized spacial score (nSPS) is 10.0. The number of carbonyl (C=O) groups excluding carboxylic acids is 2. The van der Waals surface area contributed by atoms with Crippen LogP contribution >= 0.6 is 0 Å². The second kappa shape index (κ2) is 8.70. The van der Waals surface area contributed by atoms with Crippen LogP contribution in [0.5, 0.6) is 17.2 Å². The number of benzene rings is 2. The van der Waals surface area contributed by atoms with Crippen molar-refractivity contribution in [3.8, 4) is 17.2 Å².